The van der Waals surface area contributed by atoms with Gasteiger partial charge in [-0.3, -0.25) is 14.9 Å². The number of carboxylic acids is 1. The molecular weight excluding hydrogens is 380 g/mol. The van der Waals surface area contributed by atoms with E-state index in [0.717, 1.165) is 0 Å². The van der Waals surface area contributed by atoms with Crippen LogP contribution in [0.3, 0.4) is 0 Å². The molecular formula is C20H16N2O7. The second kappa shape index (κ2) is 7.85. The molecule has 1 heterocycles. The van der Waals surface area contributed by atoms with Crippen molar-refractivity contribution in [2.45, 2.75) is 6.92 Å². The lowest BCUT2D eigenvalue weighted by atomic mass is 10.1. The molecule has 1 aromatic heterocycles. The molecule has 9 nitrogen and oxygen atoms in total. The number of benzene rings is 2. The number of hydrogen-bond acceptors (Lipinski definition) is 6. The Kier molecular flexibility index (Phi) is 5.31. The molecule has 29 heavy (non-hydrogen) atoms. The topological polar surface area (TPSA) is 132 Å². The summed E-state index contributed by atoms with van der Waals surface area (Å²) in [5.41, 5.74) is 1.08. The zero-order chi connectivity index (χ0) is 21.1. The summed E-state index contributed by atoms with van der Waals surface area (Å²) in [5.74, 6) is -1.21. The highest BCUT2D eigenvalue weighted by Gasteiger charge is 2.21. The number of nitrogens with zero attached hydrogens (tertiary/aromatic N) is 1. The lowest BCUT2D eigenvalue weighted by molar-refractivity contribution is -0.384. The van der Waals surface area contributed by atoms with Crippen molar-refractivity contribution in [1.82, 2.24) is 0 Å². The third-order valence-electron chi connectivity index (χ3n) is 4.22. The van der Waals surface area contributed by atoms with Gasteiger partial charge >= 0.3 is 5.97 Å². The average Bonchev–Trinajstić information content (AvgIpc) is 3.19. The van der Waals surface area contributed by atoms with E-state index in [1.807, 2.05) is 0 Å². The van der Waals surface area contributed by atoms with E-state index in [1.54, 1.807) is 13.0 Å². The molecule has 0 spiro atoms. The highest BCUT2D eigenvalue weighted by molar-refractivity contribution is 6.03. The van der Waals surface area contributed by atoms with Gasteiger partial charge in [-0.2, -0.15) is 0 Å². The lowest BCUT2D eigenvalue weighted by Gasteiger charge is -2.08. The molecule has 0 unspecified atom stereocenters. The summed E-state index contributed by atoms with van der Waals surface area (Å²) in [7, 11) is 1.40. The van der Waals surface area contributed by atoms with Crippen molar-refractivity contribution in [2.75, 3.05) is 12.4 Å². The Morgan fingerprint density at radius 1 is 1.14 bits per heavy atom. The Balaban J connectivity index is 1.86. The number of aryl methyl sites for hydroxylation is 1. The van der Waals surface area contributed by atoms with Gasteiger partial charge in [-0.1, -0.05) is 0 Å². The SMILES string of the molecule is COc1ccc(-c2ccc(C(=O)Nc3ccc(C(=O)O)cc3C)o2)c([N+](=O)[O-])c1. The maximum atomic E-state index is 12.5. The second-order valence-corrected chi connectivity index (χ2v) is 6.09. The Morgan fingerprint density at radius 3 is 2.52 bits per heavy atom. The van der Waals surface area contributed by atoms with E-state index in [4.69, 9.17) is 14.3 Å². The van der Waals surface area contributed by atoms with Gasteiger partial charge in [0.25, 0.3) is 11.6 Å². The number of ether oxygens (including phenoxy) is 1. The van der Waals surface area contributed by atoms with Crippen LogP contribution in [0.15, 0.2) is 52.9 Å². The van der Waals surface area contributed by atoms with Gasteiger partial charge in [-0.05, 0) is 55.0 Å². The number of carbonyl (C=O) groups excluding carboxylic acids is 1. The van der Waals surface area contributed by atoms with Crippen molar-refractivity contribution in [3.8, 4) is 17.1 Å². The van der Waals surface area contributed by atoms with Gasteiger partial charge in [0, 0.05) is 5.69 Å². The molecule has 0 radical (unpaired) electrons. The number of rotatable bonds is 6. The monoisotopic (exact) mass is 396 g/mol. The molecule has 0 saturated heterocycles. The minimum atomic E-state index is -1.07. The minimum Gasteiger partial charge on any atom is -0.497 e. The molecule has 0 aliphatic rings. The Bertz CT molecular complexity index is 1120. The van der Waals surface area contributed by atoms with Gasteiger partial charge in [-0.25, -0.2) is 4.79 Å². The average molecular weight is 396 g/mol. The molecule has 9 heteroatoms. The number of hydrogen-bond donors (Lipinski definition) is 2. The van der Waals surface area contributed by atoms with Gasteiger partial charge in [0.1, 0.15) is 11.5 Å². The minimum absolute atomic E-state index is 0.0492. The summed E-state index contributed by atoms with van der Waals surface area (Å²) in [5, 5.41) is 23.0. The van der Waals surface area contributed by atoms with Gasteiger partial charge < -0.3 is 19.6 Å². The summed E-state index contributed by atoms with van der Waals surface area (Å²) in [4.78, 5) is 34.3. The first kappa shape index (κ1) is 19.6. The molecule has 0 fully saturated rings. The smallest absolute Gasteiger partial charge is 0.335 e. The number of aromatic carboxylic acids is 1. The van der Waals surface area contributed by atoms with Crippen LogP contribution >= 0.6 is 0 Å². The fraction of sp³-hybridized carbons (Fsp3) is 0.100. The van der Waals surface area contributed by atoms with Crippen LogP contribution in [0.2, 0.25) is 0 Å². The number of nitro groups is 1. The van der Waals surface area contributed by atoms with E-state index in [-0.39, 0.29) is 28.3 Å². The third kappa shape index (κ3) is 4.08. The second-order valence-electron chi connectivity index (χ2n) is 6.09. The molecule has 3 aromatic rings. The highest BCUT2D eigenvalue weighted by atomic mass is 16.6. The molecule has 1 amide bonds. The quantitative estimate of drug-likeness (QED) is 0.473. The summed E-state index contributed by atoms with van der Waals surface area (Å²) in [6.45, 7) is 1.66. The van der Waals surface area contributed by atoms with Gasteiger partial charge in [0.05, 0.1) is 29.2 Å². The molecule has 0 aliphatic carbocycles. The van der Waals surface area contributed by atoms with Crippen LogP contribution in [-0.2, 0) is 0 Å². The van der Waals surface area contributed by atoms with E-state index in [2.05, 4.69) is 5.32 Å². The van der Waals surface area contributed by atoms with Crippen molar-refractivity contribution in [1.29, 1.82) is 0 Å². The fourth-order valence-corrected chi connectivity index (χ4v) is 2.72. The largest absolute Gasteiger partial charge is 0.497 e. The van der Waals surface area contributed by atoms with Crippen molar-refractivity contribution in [3.05, 3.63) is 75.5 Å². The molecule has 2 aromatic carbocycles. The van der Waals surface area contributed by atoms with Crippen LogP contribution in [0.25, 0.3) is 11.3 Å². The van der Waals surface area contributed by atoms with Crippen LogP contribution in [-0.4, -0.2) is 29.0 Å². The van der Waals surface area contributed by atoms with E-state index < -0.39 is 16.8 Å². The van der Waals surface area contributed by atoms with Crippen molar-refractivity contribution < 1.29 is 28.8 Å². The Hall–Kier alpha value is -4.14. The van der Waals surface area contributed by atoms with Crippen molar-refractivity contribution in [3.63, 3.8) is 0 Å². The lowest BCUT2D eigenvalue weighted by Crippen LogP contribution is -2.12. The number of furan rings is 1. The van der Waals surface area contributed by atoms with Crippen LogP contribution in [0, 0.1) is 17.0 Å². The van der Waals surface area contributed by atoms with E-state index >= 15 is 0 Å². The zero-order valence-electron chi connectivity index (χ0n) is 15.5. The highest BCUT2D eigenvalue weighted by Crippen LogP contribution is 2.34. The molecule has 148 valence electrons. The maximum Gasteiger partial charge on any atom is 0.335 e. The predicted molar refractivity (Wildman–Crippen MR) is 103 cm³/mol. The number of carbonyl (C=O) groups is 2. The summed E-state index contributed by atoms with van der Waals surface area (Å²) < 4.78 is 10.5. The molecule has 2 N–H and O–H groups in total. The number of nitrogens with one attached hydrogen (secondary N) is 1. The first-order valence-electron chi connectivity index (χ1n) is 8.38. The van der Waals surface area contributed by atoms with E-state index in [9.17, 15) is 19.7 Å². The van der Waals surface area contributed by atoms with Crippen LogP contribution in [0.1, 0.15) is 26.5 Å². The molecule has 0 bridgehead atoms. The first-order valence-corrected chi connectivity index (χ1v) is 8.38. The number of anilines is 1. The van der Waals surface area contributed by atoms with Gasteiger partial charge in [0.2, 0.25) is 0 Å². The van der Waals surface area contributed by atoms with E-state index in [0.29, 0.717) is 17.0 Å². The summed E-state index contributed by atoms with van der Waals surface area (Å²) in [6, 6.07) is 11.5. The van der Waals surface area contributed by atoms with Gasteiger partial charge in [0.15, 0.2) is 5.76 Å². The fourth-order valence-electron chi connectivity index (χ4n) is 2.72. The predicted octanol–water partition coefficient (Wildman–Crippen LogP) is 4.12. The van der Waals surface area contributed by atoms with Crippen LogP contribution in [0.4, 0.5) is 11.4 Å². The molecule has 0 saturated carbocycles. The normalized spacial score (nSPS) is 10.4. The van der Waals surface area contributed by atoms with Crippen LogP contribution < -0.4 is 10.1 Å². The number of methoxy groups -OCH3 is 1. The van der Waals surface area contributed by atoms with Crippen LogP contribution in [0.5, 0.6) is 5.75 Å². The standard InChI is InChI=1S/C20H16N2O7/c1-11-9-12(20(24)25)3-6-15(11)21-19(23)18-8-7-17(29-18)14-5-4-13(28-2)10-16(14)22(26)27/h3-10H,1-2H3,(H,21,23)(H,24,25). The van der Waals surface area contributed by atoms with E-state index in [1.165, 1.54) is 49.6 Å². The molecule has 0 aliphatic heterocycles. The third-order valence-corrected chi connectivity index (χ3v) is 4.22. The van der Waals surface area contributed by atoms with Crippen molar-refractivity contribution in [2.24, 2.45) is 0 Å². The first-order chi connectivity index (χ1) is 13.8. The molecule has 3 rings (SSSR count). The van der Waals surface area contributed by atoms with Crippen molar-refractivity contribution >= 4 is 23.3 Å². The number of amides is 1. The zero-order valence-corrected chi connectivity index (χ0v) is 15.5. The summed E-state index contributed by atoms with van der Waals surface area (Å²) >= 11 is 0. The Labute approximate surface area is 164 Å². The van der Waals surface area contributed by atoms with Gasteiger partial charge in [-0.15, -0.1) is 0 Å². The maximum absolute atomic E-state index is 12.5. The number of carboxylic acid groups (broad SMARTS) is 1. The summed E-state index contributed by atoms with van der Waals surface area (Å²) in [6.07, 6.45) is 0. The Morgan fingerprint density at radius 2 is 1.90 bits per heavy atom. The molecule has 0 atom stereocenters. The number of nitro benzene ring substituents is 1.